The highest BCUT2D eigenvalue weighted by molar-refractivity contribution is 5.92. The summed E-state index contributed by atoms with van der Waals surface area (Å²) in [4.78, 5) is 27.8. The van der Waals surface area contributed by atoms with Crippen LogP contribution in [0.25, 0.3) is 0 Å². The standard InChI is InChI=1S/C45H74O18/c1-19(18-58-41-38(56)36(54)33(51)29(16-46)61-41)6-9-27(48)20(2)31-28(49)15-26-24-8-7-22-14-23(10-12-44(22,4)25(24)11-13-45(26,31)5)60-43-40(37(55)34(52)30(17-47)62-43)63-42-39(57)35(53)32(50)21(3)59-42/h19-26,29-43,46-47,50-57H,6-18H2,1-5H3/t19?,20?,21-,22?,23-,24?,25?,26?,29+,30+,31?,32+,33+,34+,35+,36-,37-,38+,39+,40+,41+,42-,43+,44-,45-/m0/s1. The Kier molecular flexibility index (Phi) is 15.5. The summed E-state index contributed by atoms with van der Waals surface area (Å²) in [6, 6.07) is 0. The van der Waals surface area contributed by atoms with Gasteiger partial charge in [-0.3, -0.25) is 9.59 Å². The van der Waals surface area contributed by atoms with Crippen LogP contribution in [0.15, 0.2) is 0 Å². The fourth-order valence-electron chi connectivity index (χ4n) is 13.2. The molecule has 0 aromatic heterocycles. The van der Waals surface area contributed by atoms with Crippen LogP contribution in [-0.2, 0) is 38.0 Å². The van der Waals surface area contributed by atoms with Gasteiger partial charge in [0.2, 0.25) is 0 Å². The van der Waals surface area contributed by atoms with Crippen LogP contribution in [0.4, 0.5) is 0 Å². The predicted molar refractivity (Wildman–Crippen MR) is 218 cm³/mol. The van der Waals surface area contributed by atoms with E-state index in [0.717, 1.165) is 32.1 Å². The third-order valence-electron chi connectivity index (χ3n) is 17.1. The van der Waals surface area contributed by atoms with Crippen LogP contribution >= 0.6 is 0 Å². The van der Waals surface area contributed by atoms with Crippen molar-refractivity contribution in [3.63, 3.8) is 0 Å². The Morgan fingerprint density at radius 2 is 1.33 bits per heavy atom. The number of Topliss-reactive ketones (excluding diaryl/α,β-unsaturated/α-hetero) is 2. The number of carbonyl (C=O) groups excluding carboxylic acids is 2. The van der Waals surface area contributed by atoms with Crippen molar-refractivity contribution in [2.45, 2.75) is 197 Å². The molecule has 3 saturated heterocycles. The first-order valence-corrected chi connectivity index (χ1v) is 23.4. The van der Waals surface area contributed by atoms with Gasteiger partial charge in [0.15, 0.2) is 18.9 Å². The SMILES string of the molecule is CC(CCC(=O)C(C)C1C(=O)CC2C3CCC4C[C@@H](O[C@@H]5O[C@H](CO)[C@@H](O)[C@H](O)[C@H]5O[C@@H]5O[C@@H](C)[C@@H](O)[C@@H](O)[C@H]5O)CC[C@]4(C)C3CC[C@@]21C)CO[C@@H]1O[C@H](CO)[C@@H](O)[C@H](O)[C@H]1O. The van der Waals surface area contributed by atoms with Crippen LogP contribution in [0, 0.1) is 52.3 Å². The third-order valence-corrected chi connectivity index (χ3v) is 17.1. The summed E-state index contributed by atoms with van der Waals surface area (Å²) in [7, 11) is 0. The molecule has 4 aliphatic carbocycles. The first kappa shape index (κ1) is 49.6. The Hall–Kier alpha value is -1.30. The smallest absolute Gasteiger partial charge is 0.187 e. The molecule has 7 rings (SSSR count). The number of rotatable bonds is 14. The van der Waals surface area contributed by atoms with Crippen molar-refractivity contribution in [1.82, 2.24) is 0 Å². The maximum Gasteiger partial charge on any atom is 0.187 e. The molecule has 0 spiro atoms. The Labute approximate surface area is 369 Å². The van der Waals surface area contributed by atoms with Crippen molar-refractivity contribution >= 4 is 11.6 Å². The van der Waals surface area contributed by atoms with Crippen LogP contribution in [0.1, 0.15) is 98.8 Å². The zero-order chi connectivity index (χ0) is 45.9. The predicted octanol–water partition coefficient (Wildman–Crippen LogP) is -0.701. The normalized spacial score (nSPS) is 51.2. The molecule has 0 radical (unpaired) electrons. The quantitative estimate of drug-likeness (QED) is 0.0965. The lowest BCUT2D eigenvalue weighted by Crippen LogP contribution is -2.64. The fourth-order valence-corrected chi connectivity index (χ4v) is 13.2. The second kappa shape index (κ2) is 19.7. The molecular formula is C45H74O18. The van der Waals surface area contributed by atoms with Gasteiger partial charge in [-0.25, -0.2) is 0 Å². The average Bonchev–Trinajstić information content (AvgIpc) is 3.54. The number of hydrogen-bond donors (Lipinski definition) is 10. The van der Waals surface area contributed by atoms with Gasteiger partial charge < -0.3 is 79.5 Å². The molecule has 0 aromatic carbocycles. The largest absolute Gasteiger partial charge is 0.394 e. The summed E-state index contributed by atoms with van der Waals surface area (Å²) in [5.41, 5.74) is -0.335. The van der Waals surface area contributed by atoms with Crippen molar-refractivity contribution in [3.8, 4) is 0 Å². The van der Waals surface area contributed by atoms with Crippen molar-refractivity contribution in [1.29, 1.82) is 0 Å². The van der Waals surface area contributed by atoms with E-state index in [-0.39, 0.29) is 65.2 Å². The molecule has 3 aliphatic heterocycles. The number of hydrogen-bond acceptors (Lipinski definition) is 18. The molecule has 63 heavy (non-hydrogen) atoms. The second-order valence-electron chi connectivity index (χ2n) is 20.8. The summed E-state index contributed by atoms with van der Waals surface area (Å²) < 4.78 is 35.2. The first-order valence-electron chi connectivity index (χ1n) is 23.4. The van der Waals surface area contributed by atoms with Gasteiger partial charge in [-0.1, -0.05) is 27.7 Å². The van der Waals surface area contributed by atoms with Gasteiger partial charge in [0.05, 0.1) is 32.0 Å². The van der Waals surface area contributed by atoms with E-state index in [1.165, 1.54) is 6.92 Å². The van der Waals surface area contributed by atoms with Crippen molar-refractivity contribution < 1.29 is 89.1 Å². The highest BCUT2D eigenvalue weighted by Crippen LogP contribution is 2.68. The maximum absolute atomic E-state index is 14.0. The highest BCUT2D eigenvalue weighted by atomic mass is 16.8. The summed E-state index contributed by atoms with van der Waals surface area (Å²) in [5.74, 6) is 0.415. The van der Waals surface area contributed by atoms with E-state index in [4.69, 9.17) is 28.4 Å². The van der Waals surface area contributed by atoms with Crippen LogP contribution < -0.4 is 0 Å². The van der Waals surface area contributed by atoms with Crippen LogP contribution in [0.5, 0.6) is 0 Å². The number of ketones is 2. The molecule has 362 valence electrons. The molecule has 0 bridgehead atoms. The summed E-state index contributed by atoms with van der Waals surface area (Å²) in [6.07, 6.45) is -14.0. The number of carbonyl (C=O) groups is 2. The molecule has 3 heterocycles. The minimum atomic E-state index is -1.66. The minimum absolute atomic E-state index is 0.0275. The van der Waals surface area contributed by atoms with E-state index in [2.05, 4.69) is 13.8 Å². The van der Waals surface area contributed by atoms with Gasteiger partial charge in [0.1, 0.15) is 78.7 Å². The lowest BCUT2D eigenvalue weighted by atomic mass is 9.44. The van der Waals surface area contributed by atoms with Gasteiger partial charge in [-0.05, 0) is 98.7 Å². The van der Waals surface area contributed by atoms with Gasteiger partial charge in [-0.15, -0.1) is 0 Å². The molecule has 10 N–H and O–H groups in total. The maximum atomic E-state index is 14.0. The van der Waals surface area contributed by atoms with Crippen LogP contribution in [-0.4, -0.2) is 181 Å². The lowest BCUT2D eigenvalue weighted by molar-refractivity contribution is -0.371. The number of aliphatic hydroxyl groups is 10. The van der Waals surface area contributed by atoms with Crippen molar-refractivity contribution in [2.75, 3.05) is 19.8 Å². The third kappa shape index (κ3) is 9.33. The highest BCUT2D eigenvalue weighted by Gasteiger charge is 2.64. The van der Waals surface area contributed by atoms with Crippen molar-refractivity contribution in [2.24, 2.45) is 52.3 Å². The molecule has 7 unspecified atom stereocenters. The zero-order valence-electron chi connectivity index (χ0n) is 37.2. The lowest BCUT2D eigenvalue weighted by Gasteiger charge is -2.61. The van der Waals surface area contributed by atoms with Gasteiger partial charge >= 0.3 is 0 Å². The second-order valence-corrected chi connectivity index (χ2v) is 20.8. The molecule has 25 atom stereocenters. The molecule has 0 amide bonds. The average molecular weight is 903 g/mol. The molecule has 0 aromatic rings. The van der Waals surface area contributed by atoms with E-state index in [1.54, 1.807) is 0 Å². The topological polar surface area (TPSA) is 292 Å². The number of fused-ring (bicyclic) bond motifs is 5. The van der Waals surface area contributed by atoms with E-state index in [1.807, 2.05) is 13.8 Å². The first-order chi connectivity index (χ1) is 29.7. The molecule has 18 nitrogen and oxygen atoms in total. The zero-order valence-corrected chi connectivity index (χ0v) is 37.2. The fraction of sp³-hybridized carbons (Fsp3) is 0.956. The van der Waals surface area contributed by atoms with E-state index < -0.39 is 111 Å². The van der Waals surface area contributed by atoms with Crippen LogP contribution in [0.2, 0.25) is 0 Å². The minimum Gasteiger partial charge on any atom is -0.394 e. The monoisotopic (exact) mass is 902 g/mol. The summed E-state index contributed by atoms with van der Waals surface area (Å²) >= 11 is 0. The summed E-state index contributed by atoms with van der Waals surface area (Å²) in [5, 5.41) is 103. The number of ether oxygens (including phenoxy) is 6. The molecule has 7 fully saturated rings. The Balaban J connectivity index is 0.945. The van der Waals surface area contributed by atoms with Gasteiger partial charge in [0.25, 0.3) is 0 Å². The summed E-state index contributed by atoms with van der Waals surface area (Å²) in [6.45, 7) is 8.85. The molecule has 18 heteroatoms. The van der Waals surface area contributed by atoms with E-state index in [0.29, 0.717) is 37.5 Å². The van der Waals surface area contributed by atoms with Gasteiger partial charge in [0, 0.05) is 24.7 Å². The van der Waals surface area contributed by atoms with Gasteiger partial charge in [-0.2, -0.15) is 0 Å². The van der Waals surface area contributed by atoms with E-state index >= 15 is 0 Å². The Morgan fingerprint density at radius 3 is 2.02 bits per heavy atom. The van der Waals surface area contributed by atoms with Crippen molar-refractivity contribution in [3.05, 3.63) is 0 Å². The molecule has 4 saturated carbocycles. The number of aliphatic hydroxyl groups excluding tert-OH is 10. The van der Waals surface area contributed by atoms with Crippen LogP contribution in [0.3, 0.4) is 0 Å². The Morgan fingerprint density at radius 1 is 0.714 bits per heavy atom. The molecular weight excluding hydrogens is 828 g/mol. The Bertz CT molecular complexity index is 1570. The van der Waals surface area contributed by atoms with E-state index in [9.17, 15) is 60.7 Å². The molecule has 7 aliphatic rings.